The van der Waals surface area contributed by atoms with E-state index in [1.54, 1.807) is 32.0 Å². The van der Waals surface area contributed by atoms with Crippen LogP contribution in [0.25, 0.3) is 0 Å². The molecule has 14 heteroatoms. The normalized spacial score (nSPS) is 25.2. The van der Waals surface area contributed by atoms with E-state index in [0.717, 1.165) is 10.8 Å². The third-order valence-corrected chi connectivity index (χ3v) is 6.94. The number of nitrogens with zero attached hydrogens (tertiary/aromatic N) is 2. The Balaban J connectivity index is 1.86. The van der Waals surface area contributed by atoms with E-state index in [-0.39, 0.29) is 11.6 Å². The van der Waals surface area contributed by atoms with Crippen molar-refractivity contribution in [3.05, 3.63) is 53.1 Å². The van der Waals surface area contributed by atoms with Crippen LogP contribution in [0.5, 0.6) is 5.75 Å². The zero-order chi connectivity index (χ0) is 28.1. The van der Waals surface area contributed by atoms with Crippen LogP contribution < -0.4 is 21.0 Å². The van der Waals surface area contributed by atoms with Crippen molar-refractivity contribution in [1.82, 2.24) is 14.6 Å². The molecule has 2 heterocycles. The van der Waals surface area contributed by atoms with E-state index in [9.17, 15) is 19.3 Å². The number of aromatic nitrogens is 2. The quantitative estimate of drug-likeness (QED) is 0.224. The van der Waals surface area contributed by atoms with Gasteiger partial charge < -0.3 is 24.8 Å². The predicted molar refractivity (Wildman–Crippen MR) is 135 cm³/mol. The Morgan fingerprint density at radius 1 is 1.34 bits per heavy atom. The lowest BCUT2D eigenvalue weighted by Crippen LogP contribution is -2.44. The monoisotopic (exact) mass is 552 g/mol. The van der Waals surface area contributed by atoms with Gasteiger partial charge in [-0.05, 0) is 45.9 Å². The van der Waals surface area contributed by atoms with E-state index < -0.39 is 62.3 Å². The number of aliphatic hydroxyl groups excluding tert-OH is 1. The molecule has 12 nitrogen and oxygen atoms in total. The second kappa shape index (κ2) is 12.1. The number of aliphatic hydroxyl groups is 1. The summed E-state index contributed by atoms with van der Waals surface area (Å²) in [5, 5.41) is 13.3. The summed E-state index contributed by atoms with van der Waals surface area (Å²) in [5.41, 5.74) is 1.83. The minimum absolute atomic E-state index is 0.0918. The van der Waals surface area contributed by atoms with Gasteiger partial charge in [-0.1, -0.05) is 24.1 Å². The van der Waals surface area contributed by atoms with E-state index >= 15 is 4.39 Å². The minimum atomic E-state index is -4.34. The number of nitrogens with two attached hydrogens (primary N) is 1. The SMILES string of the molecule is CC#C[C@@]1(F)C(O)[C@@H](CO[P@@](=O)(N[C@@H](C)C(=O)OC(C)C)Oc2ccccc2)O[C@H]1n1ccc(N)nc1=O. The van der Waals surface area contributed by atoms with Gasteiger partial charge in [0.1, 0.15) is 29.8 Å². The molecule has 1 aromatic carbocycles. The summed E-state index contributed by atoms with van der Waals surface area (Å²) in [6.45, 7) is 5.38. The molecule has 4 N–H and O–H groups in total. The number of anilines is 1. The van der Waals surface area contributed by atoms with E-state index in [4.69, 9.17) is 24.3 Å². The smallest absolute Gasteiger partial charge is 0.459 e. The van der Waals surface area contributed by atoms with Gasteiger partial charge in [-0.15, -0.1) is 5.92 Å². The number of benzene rings is 1. The molecule has 6 atom stereocenters. The van der Waals surface area contributed by atoms with Gasteiger partial charge in [0.15, 0.2) is 6.23 Å². The van der Waals surface area contributed by atoms with Crippen molar-refractivity contribution in [3.8, 4) is 17.6 Å². The van der Waals surface area contributed by atoms with Crippen molar-refractivity contribution in [2.24, 2.45) is 0 Å². The number of nitrogens with one attached hydrogen (secondary N) is 1. The van der Waals surface area contributed by atoms with Crippen LogP contribution in [0.15, 0.2) is 47.4 Å². The molecular weight excluding hydrogens is 522 g/mol. The zero-order valence-electron chi connectivity index (χ0n) is 21.2. The first-order valence-corrected chi connectivity index (χ1v) is 13.2. The molecule has 0 spiro atoms. The van der Waals surface area contributed by atoms with Crippen LogP contribution in [0.4, 0.5) is 10.2 Å². The van der Waals surface area contributed by atoms with E-state index in [1.807, 2.05) is 0 Å². The molecule has 0 bridgehead atoms. The zero-order valence-corrected chi connectivity index (χ0v) is 22.1. The molecule has 1 fully saturated rings. The van der Waals surface area contributed by atoms with Gasteiger partial charge in [-0.3, -0.25) is 13.9 Å². The standard InChI is InChI=1S/C24H30FN4O8P/c1-5-12-24(25)20(30)18(36-22(24)29-13-11-19(26)27-23(29)32)14-34-38(33,37-17-9-7-6-8-10-17)28-16(4)21(31)35-15(2)3/h6-11,13,15-16,18,20,22,30H,14H2,1-4H3,(H,28,33)(H2,26,27,32)/t16-,18+,20?,22+,24+,38-/m0/s1. The second-order valence-electron chi connectivity index (χ2n) is 8.69. The van der Waals surface area contributed by atoms with E-state index in [1.165, 1.54) is 32.0 Å². The molecule has 1 aromatic heterocycles. The first-order chi connectivity index (χ1) is 17.9. The number of nitrogen functional groups attached to an aromatic ring is 1. The van der Waals surface area contributed by atoms with E-state index in [2.05, 4.69) is 21.9 Å². The molecular formula is C24H30FN4O8P. The Morgan fingerprint density at radius 2 is 2.03 bits per heavy atom. The van der Waals surface area contributed by atoms with Crippen LogP contribution >= 0.6 is 7.75 Å². The number of ether oxygens (including phenoxy) is 2. The number of para-hydroxylation sites is 1. The second-order valence-corrected chi connectivity index (χ2v) is 10.4. The van der Waals surface area contributed by atoms with Crippen LogP contribution in [0.1, 0.15) is 33.9 Å². The number of carbonyl (C=O) groups is 1. The maximum absolute atomic E-state index is 16.0. The molecule has 1 aliphatic heterocycles. The summed E-state index contributed by atoms with van der Waals surface area (Å²) < 4.78 is 52.3. The highest BCUT2D eigenvalue weighted by Gasteiger charge is 2.58. The highest BCUT2D eigenvalue weighted by atomic mass is 31.2. The summed E-state index contributed by atoms with van der Waals surface area (Å²) in [6.07, 6.45) is -4.38. The lowest BCUT2D eigenvalue weighted by Gasteiger charge is -2.25. The molecule has 0 amide bonds. The topological polar surface area (TPSA) is 164 Å². The largest absolute Gasteiger partial charge is 0.462 e. The van der Waals surface area contributed by atoms with Crippen molar-refractivity contribution in [3.63, 3.8) is 0 Å². The average molecular weight is 552 g/mol. The Hall–Kier alpha value is -3.27. The van der Waals surface area contributed by atoms with Crippen LogP contribution in [0.3, 0.4) is 0 Å². The first kappa shape index (κ1) is 29.3. The number of hydrogen-bond acceptors (Lipinski definition) is 10. The third kappa shape index (κ3) is 6.78. The van der Waals surface area contributed by atoms with Crippen molar-refractivity contribution in [1.29, 1.82) is 0 Å². The number of carbonyl (C=O) groups excluding carboxylic acids is 1. The van der Waals surface area contributed by atoms with Crippen molar-refractivity contribution in [2.75, 3.05) is 12.3 Å². The van der Waals surface area contributed by atoms with Gasteiger partial charge in [0.25, 0.3) is 0 Å². The Morgan fingerprint density at radius 3 is 2.63 bits per heavy atom. The van der Waals surface area contributed by atoms with Gasteiger partial charge in [-0.25, -0.2) is 13.8 Å². The highest BCUT2D eigenvalue weighted by Crippen LogP contribution is 2.47. The highest BCUT2D eigenvalue weighted by molar-refractivity contribution is 7.52. The maximum Gasteiger partial charge on any atom is 0.459 e. The van der Waals surface area contributed by atoms with Gasteiger partial charge in [-0.2, -0.15) is 10.1 Å². The third-order valence-electron chi connectivity index (χ3n) is 5.30. The van der Waals surface area contributed by atoms with Crippen molar-refractivity contribution >= 4 is 19.5 Å². The number of esters is 1. The van der Waals surface area contributed by atoms with Crippen molar-refractivity contribution < 1.29 is 37.4 Å². The number of rotatable bonds is 10. The Kier molecular flexibility index (Phi) is 9.30. The number of halogens is 1. The lowest BCUT2D eigenvalue weighted by atomic mass is 9.96. The van der Waals surface area contributed by atoms with Crippen molar-refractivity contribution in [2.45, 2.75) is 63.9 Å². The average Bonchev–Trinajstić information content (AvgIpc) is 3.08. The Bertz CT molecular complexity index is 1300. The summed E-state index contributed by atoms with van der Waals surface area (Å²) in [6, 6.07) is 8.12. The van der Waals surface area contributed by atoms with E-state index in [0.29, 0.717) is 0 Å². The molecule has 0 radical (unpaired) electrons. The summed E-state index contributed by atoms with van der Waals surface area (Å²) in [5.74, 6) is 3.97. The molecule has 38 heavy (non-hydrogen) atoms. The van der Waals surface area contributed by atoms with Crippen LogP contribution in [-0.4, -0.2) is 57.3 Å². The minimum Gasteiger partial charge on any atom is -0.462 e. The number of alkyl halides is 1. The molecule has 1 unspecified atom stereocenters. The summed E-state index contributed by atoms with van der Waals surface area (Å²) >= 11 is 0. The molecule has 206 valence electrons. The molecule has 1 aliphatic rings. The molecule has 1 saturated heterocycles. The molecule has 0 saturated carbocycles. The molecule has 2 aromatic rings. The summed E-state index contributed by atoms with van der Waals surface area (Å²) in [7, 11) is -4.34. The fourth-order valence-electron chi connectivity index (χ4n) is 3.59. The maximum atomic E-state index is 16.0. The predicted octanol–water partition coefficient (Wildman–Crippen LogP) is 1.95. The fourth-order valence-corrected chi connectivity index (χ4v) is 5.09. The molecule has 0 aliphatic carbocycles. The van der Waals surface area contributed by atoms with Gasteiger partial charge >= 0.3 is 19.4 Å². The molecule has 3 rings (SSSR count). The first-order valence-electron chi connectivity index (χ1n) is 11.7. The van der Waals surface area contributed by atoms with Crippen LogP contribution in [-0.2, 0) is 23.4 Å². The van der Waals surface area contributed by atoms with Gasteiger partial charge in [0.05, 0.1) is 12.7 Å². The Labute approximate surface area is 218 Å². The van der Waals surface area contributed by atoms with Crippen LogP contribution in [0, 0.1) is 11.8 Å². The number of hydrogen-bond donors (Lipinski definition) is 3. The van der Waals surface area contributed by atoms with Crippen LogP contribution in [0.2, 0.25) is 0 Å². The fraction of sp³-hybridized carbons (Fsp3) is 0.458. The van der Waals surface area contributed by atoms with Gasteiger partial charge in [0, 0.05) is 6.20 Å². The van der Waals surface area contributed by atoms with Gasteiger partial charge in [0.2, 0.25) is 5.67 Å². The lowest BCUT2D eigenvalue weighted by molar-refractivity contribution is -0.149. The summed E-state index contributed by atoms with van der Waals surface area (Å²) in [4.78, 5) is 28.2.